The van der Waals surface area contributed by atoms with Gasteiger partial charge in [-0.15, -0.1) is 0 Å². The van der Waals surface area contributed by atoms with Gasteiger partial charge in [0.1, 0.15) is 0 Å². The number of carbonyl (C=O) groups excluding carboxylic acids is 1. The first-order valence-electron chi connectivity index (χ1n) is 7.64. The van der Waals surface area contributed by atoms with Gasteiger partial charge in [-0.1, -0.05) is 26.2 Å². The van der Waals surface area contributed by atoms with E-state index in [9.17, 15) is 9.59 Å². The van der Waals surface area contributed by atoms with Crippen LogP contribution in [0.25, 0.3) is 0 Å². The van der Waals surface area contributed by atoms with Crippen molar-refractivity contribution in [2.75, 3.05) is 0 Å². The molecule has 0 saturated heterocycles. The number of rotatable bonds is 8. The SMILES string of the molecule is CCC(NC(=O)CCCCC(=O)O)C1CCCCC1. The number of carbonyl (C=O) groups is 2. The summed E-state index contributed by atoms with van der Waals surface area (Å²) in [6, 6.07) is 0.312. The smallest absolute Gasteiger partial charge is 0.303 e. The summed E-state index contributed by atoms with van der Waals surface area (Å²) >= 11 is 0. The van der Waals surface area contributed by atoms with Crippen molar-refractivity contribution in [3.8, 4) is 0 Å². The van der Waals surface area contributed by atoms with Gasteiger partial charge in [-0.3, -0.25) is 9.59 Å². The molecule has 0 spiro atoms. The first-order valence-corrected chi connectivity index (χ1v) is 7.64. The minimum absolute atomic E-state index is 0.0859. The summed E-state index contributed by atoms with van der Waals surface area (Å²) < 4.78 is 0. The summed E-state index contributed by atoms with van der Waals surface area (Å²) in [5, 5.41) is 11.7. The van der Waals surface area contributed by atoms with Crippen molar-refractivity contribution in [1.82, 2.24) is 5.32 Å². The Kier molecular flexibility index (Phi) is 7.53. The highest BCUT2D eigenvalue weighted by Gasteiger charge is 2.23. The Bertz CT molecular complexity index is 285. The molecule has 1 aliphatic carbocycles. The number of unbranched alkanes of at least 4 members (excludes halogenated alkanes) is 1. The van der Waals surface area contributed by atoms with E-state index in [-0.39, 0.29) is 12.3 Å². The molecule has 2 N–H and O–H groups in total. The van der Waals surface area contributed by atoms with Gasteiger partial charge in [-0.2, -0.15) is 0 Å². The molecule has 1 atom stereocenters. The van der Waals surface area contributed by atoms with Gasteiger partial charge in [0.15, 0.2) is 0 Å². The Hall–Kier alpha value is -1.06. The maximum Gasteiger partial charge on any atom is 0.303 e. The second kappa shape index (κ2) is 8.94. The number of hydrogen-bond acceptors (Lipinski definition) is 2. The number of carboxylic acid groups (broad SMARTS) is 1. The molecule has 0 bridgehead atoms. The summed E-state index contributed by atoms with van der Waals surface area (Å²) in [5.41, 5.74) is 0. The molecule has 0 aromatic rings. The molecule has 4 heteroatoms. The molecule has 110 valence electrons. The van der Waals surface area contributed by atoms with Gasteiger partial charge in [-0.05, 0) is 38.0 Å². The Morgan fingerprint density at radius 2 is 1.79 bits per heavy atom. The second-order valence-corrected chi connectivity index (χ2v) is 5.58. The molecule has 0 aliphatic heterocycles. The number of nitrogens with one attached hydrogen (secondary N) is 1. The lowest BCUT2D eigenvalue weighted by Gasteiger charge is -2.30. The van der Waals surface area contributed by atoms with E-state index in [0.717, 1.165) is 6.42 Å². The van der Waals surface area contributed by atoms with Crippen molar-refractivity contribution in [2.45, 2.75) is 77.2 Å². The third-order valence-corrected chi connectivity index (χ3v) is 4.05. The molecule has 1 fully saturated rings. The van der Waals surface area contributed by atoms with Gasteiger partial charge in [0.25, 0.3) is 0 Å². The monoisotopic (exact) mass is 269 g/mol. The zero-order valence-electron chi connectivity index (χ0n) is 12.0. The Morgan fingerprint density at radius 1 is 1.16 bits per heavy atom. The minimum Gasteiger partial charge on any atom is -0.481 e. The fourth-order valence-corrected chi connectivity index (χ4v) is 2.93. The van der Waals surface area contributed by atoms with E-state index in [1.807, 2.05) is 0 Å². The fourth-order valence-electron chi connectivity index (χ4n) is 2.93. The summed E-state index contributed by atoms with van der Waals surface area (Å²) in [6.07, 6.45) is 9.23. The average molecular weight is 269 g/mol. The van der Waals surface area contributed by atoms with Gasteiger partial charge in [-0.25, -0.2) is 0 Å². The lowest BCUT2D eigenvalue weighted by Crippen LogP contribution is -2.40. The van der Waals surface area contributed by atoms with E-state index in [2.05, 4.69) is 12.2 Å². The average Bonchev–Trinajstić information content (AvgIpc) is 2.41. The standard InChI is InChI=1S/C15H27NO3/c1-2-13(12-8-4-3-5-9-12)16-14(17)10-6-7-11-15(18)19/h12-13H,2-11H2,1H3,(H,16,17)(H,18,19). The zero-order valence-corrected chi connectivity index (χ0v) is 12.0. The molecule has 0 aromatic carbocycles. The zero-order chi connectivity index (χ0) is 14.1. The third kappa shape index (κ3) is 6.60. The van der Waals surface area contributed by atoms with Crippen LogP contribution >= 0.6 is 0 Å². The van der Waals surface area contributed by atoms with Crippen molar-refractivity contribution in [1.29, 1.82) is 0 Å². The topological polar surface area (TPSA) is 66.4 Å². The highest BCUT2D eigenvalue weighted by molar-refractivity contribution is 5.76. The predicted molar refractivity (Wildman–Crippen MR) is 74.9 cm³/mol. The Balaban J connectivity index is 2.22. The highest BCUT2D eigenvalue weighted by atomic mass is 16.4. The van der Waals surface area contributed by atoms with Crippen LogP contribution in [-0.2, 0) is 9.59 Å². The van der Waals surface area contributed by atoms with Crippen LogP contribution in [0.5, 0.6) is 0 Å². The van der Waals surface area contributed by atoms with Crippen LogP contribution in [0.2, 0.25) is 0 Å². The number of hydrogen-bond donors (Lipinski definition) is 2. The normalized spacial score (nSPS) is 17.9. The van der Waals surface area contributed by atoms with E-state index in [1.165, 1.54) is 32.1 Å². The maximum absolute atomic E-state index is 11.8. The quantitative estimate of drug-likeness (QED) is 0.665. The van der Waals surface area contributed by atoms with Crippen LogP contribution in [0.15, 0.2) is 0 Å². The minimum atomic E-state index is -0.783. The Morgan fingerprint density at radius 3 is 2.37 bits per heavy atom. The summed E-state index contributed by atoms with van der Waals surface area (Å²) in [7, 11) is 0. The number of aliphatic carboxylic acids is 1. The largest absolute Gasteiger partial charge is 0.481 e. The molecule has 4 nitrogen and oxygen atoms in total. The van der Waals surface area contributed by atoms with E-state index in [4.69, 9.17) is 5.11 Å². The van der Waals surface area contributed by atoms with E-state index in [0.29, 0.717) is 31.2 Å². The first-order chi connectivity index (χ1) is 9.13. The molecule has 1 saturated carbocycles. The van der Waals surface area contributed by atoms with Crippen LogP contribution in [-0.4, -0.2) is 23.0 Å². The van der Waals surface area contributed by atoms with Crippen LogP contribution in [0, 0.1) is 5.92 Å². The summed E-state index contributed by atoms with van der Waals surface area (Å²) in [6.45, 7) is 2.13. The Labute approximate surface area is 116 Å². The highest BCUT2D eigenvalue weighted by Crippen LogP contribution is 2.27. The van der Waals surface area contributed by atoms with Gasteiger partial charge in [0.05, 0.1) is 0 Å². The van der Waals surface area contributed by atoms with Crippen molar-refractivity contribution in [2.24, 2.45) is 5.92 Å². The molecule has 0 radical (unpaired) electrons. The van der Waals surface area contributed by atoms with E-state index >= 15 is 0 Å². The molecular weight excluding hydrogens is 242 g/mol. The number of amides is 1. The van der Waals surface area contributed by atoms with Gasteiger partial charge in [0, 0.05) is 18.9 Å². The molecular formula is C15H27NO3. The van der Waals surface area contributed by atoms with Crippen molar-refractivity contribution < 1.29 is 14.7 Å². The third-order valence-electron chi connectivity index (χ3n) is 4.05. The molecule has 0 heterocycles. The molecule has 0 aromatic heterocycles. The summed E-state index contributed by atoms with van der Waals surface area (Å²) in [5.74, 6) is -0.0569. The lowest BCUT2D eigenvalue weighted by atomic mass is 9.83. The molecule has 1 amide bonds. The maximum atomic E-state index is 11.8. The predicted octanol–water partition coefficient (Wildman–Crippen LogP) is 3.11. The lowest BCUT2D eigenvalue weighted by molar-refractivity contribution is -0.137. The molecule has 1 aliphatic rings. The second-order valence-electron chi connectivity index (χ2n) is 5.58. The van der Waals surface area contributed by atoms with Crippen LogP contribution in [0.3, 0.4) is 0 Å². The molecule has 1 rings (SSSR count). The van der Waals surface area contributed by atoms with Crippen LogP contribution < -0.4 is 5.32 Å². The van der Waals surface area contributed by atoms with E-state index in [1.54, 1.807) is 0 Å². The molecule has 1 unspecified atom stereocenters. The number of carboxylic acids is 1. The van der Waals surface area contributed by atoms with Gasteiger partial charge in [0.2, 0.25) is 5.91 Å². The fraction of sp³-hybridized carbons (Fsp3) is 0.867. The van der Waals surface area contributed by atoms with E-state index < -0.39 is 5.97 Å². The first kappa shape index (κ1) is 16.0. The van der Waals surface area contributed by atoms with Crippen molar-refractivity contribution in [3.63, 3.8) is 0 Å². The molecule has 19 heavy (non-hydrogen) atoms. The van der Waals surface area contributed by atoms with Gasteiger partial charge >= 0.3 is 5.97 Å². The van der Waals surface area contributed by atoms with Crippen LogP contribution in [0.4, 0.5) is 0 Å². The van der Waals surface area contributed by atoms with Crippen molar-refractivity contribution in [3.05, 3.63) is 0 Å². The van der Waals surface area contributed by atoms with Crippen LogP contribution in [0.1, 0.15) is 71.1 Å². The van der Waals surface area contributed by atoms with Gasteiger partial charge < -0.3 is 10.4 Å². The summed E-state index contributed by atoms with van der Waals surface area (Å²) in [4.78, 5) is 22.2. The van der Waals surface area contributed by atoms with Crippen molar-refractivity contribution >= 4 is 11.9 Å².